The van der Waals surface area contributed by atoms with Gasteiger partial charge in [-0.05, 0) is 66.1 Å². The monoisotopic (exact) mass is 510 g/mol. The Labute approximate surface area is 222 Å². The van der Waals surface area contributed by atoms with Gasteiger partial charge in [0.25, 0.3) is 0 Å². The summed E-state index contributed by atoms with van der Waals surface area (Å²) in [5.41, 5.74) is 2.55. The number of esters is 2. The molecular weight excluding hydrogens is 480 g/mol. The minimum atomic E-state index is -0.480. The first kappa shape index (κ1) is 26.5. The zero-order valence-corrected chi connectivity index (χ0v) is 21.9. The molecule has 6 heteroatoms. The number of rotatable bonds is 9. The van der Waals surface area contributed by atoms with Crippen LogP contribution in [-0.2, 0) is 5.41 Å². The maximum absolute atomic E-state index is 12.6. The van der Waals surface area contributed by atoms with E-state index in [1.165, 1.54) is 14.2 Å². The molecule has 4 aromatic carbocycles. The molecule has 0 saturated heterocycles. The van der Waals surface area contributed by atoms with E-state index in [4.69, 9.17) is 18.9 Å². The van der Waals surface area contributed by atoms with Gasteiger partial charge in [-0.15, -0.1) is 0 Å². The number of carbonyl (C=O) groups is 2. The molecule has 0 aliphatic rings. The van der Waals surface area contributed by atoms with Crippen LogP contribution >= 0.6 is 0 Å². The Balaban J connectivity index is 1.49. The fraction of sp³-hybridized carbons (Fsp3) is 0.188. The lowest BCUT2D eigenvalue weighted by Crippen LogP contribution is -2.22. The number of para-hydroxylation sites is 2. The van der Waals surface area contributed by atoms with Crippen molar-refractivity contribution in [3.05, 3.63) is 119 Å². The smallest absolute Gasteiger partial charge is 0.347 e. The minimum Gasteiger partial charge on any atom is -0.496 e. The lowest BCUT2D eigenvalue weighted by Gasteiger charge is -2.30. The highest BCUT2D eigenvalue weighted by molar-refractivity contribution is 5.94. The van der Waals surface area contributed by atoms with Crippen molar-refractivity contribution in [2.24, 2.45) is 0 Å². The van der Waals surface area contributed by atoms with E-state index < -0.39 is 11.9 Å². The lowest BCUT2D eigenvalue weighted by molar-refractivity contribution is 0.0721. The van der Waals surface area contributed by atoms with Crippen LogP contribution in [0, 0.1) is 0 Å². The third-order valence-corrected chi connectivity index (χ3v) is 6.76. The summed E-state index contributed by atoms with van der Waals surface area (Å²) in [6.45, 7) is 4.27. The van der Waals surface area contributed by atoms with E-state index in [0.29, 0.717) is 34.1 Å². The summed E-state index contributed by atoms with van der Waals surface area (Å²) < 4.78 is 21.7. The van der Waals surface area contributed by atoms with Crippen LogP contribution in [0.3, 0.4) is 0 Å². The average Bonchev–Trinajstić information content (AvgIpc) is 2.97. The number of ether oxygens (including phenoxy) is 4. The Morgan fingerprint density at radius 2 is 0.974 bits per heavy atom. The molecule has 6 nitrogen and oxygen atoms in total. The van der Waals surface area contributed by atoms with Gasteiger partial charge >= 0.3 is 11.9 Å². The predicted molar refractivity (Wildman–Crippen MR) is 146 cm³/mol. The Kier molecular flexibility index (Phi) is 8.12. The second-order valence-corrected chi connectivity index (χ2v) is 8.91. The second-order valence-electron chi connectivity index (χ2n) is 8.91. The van der Waals surface area contributed by atoms with Crippen LogP contribution in [0.2, 0.25) is 0 Å². The standard InChI is InChI=1S/C32H30O6/c1-5-32(2,22-14-18-24(19-15-22)37-30(33)26-10-6-8-12-28(26)35-3)23-16-20-25(21-17-23)38-31(34)27-11-7-9-13-29(27)36-4/h6-21H,5H2,1-4H3. The van der Waals surface area contributed by atoms with E-state index in [9.17, 15) is 9.59 Å². The van der Waals surface area contributed by atoms with Crippen LogP contribution in [0.4, 0.5) is 0 Å². The molecule has 0 spiro atoms. The highest BCUT2D eigenvalue weighted by atomic mass is 16.5. The summed E-state index contributed by atoms with van der Waals surface area (Å²) in [5, 5.41) is 0. The largest absolute Gasteiger partial charge is 0.496 e. The van der Waals surface area contributed by atoms with E-state index in [-0.39, 0.29) is 5.41 Å². The summed E-state index contributed by atoms with van der Waals surface area (Å²) in [4.78, 5) is 25.3. The maximum atomic E-state index is 12.6. The number of carbonyl (C=O) groups excluding carboxylic acids is 2. The first-order chi connectivity index (χ1) is 18.4. The van der Waals surface area contributed by atoms with E-state index in [1.807, 2.05) is 24.3 Å². The summed E-state index contributed by atoms with van der Waals surface area (Å²) in [5.74, 6) is 0.858. The topological polar surface area (TPSA) is 71.1 Å². The third kappa shape index (κ3) is 5.54. The molecule has 0 amide bonds. The van der Waals surface area contributed by atoms with Gasteiger partial charge in [0.05, 0.1) is 14.2 Å². The Bertz CT molecular complexity index is 1300. The van der Waals surface area contributed by atoms with Crippen LogP contribution in [0.15, 0.2) is 97.1 Å². The molecule has 0 atom stereocenters. The number of benzene rings is 4. The molecule has 0 fully saturated rings. The summed E-state index contributed by atoms with van der Waals surface area (Å²) in [7, 11) is 3.03. The lowest BCUT2D eigenvalue weighted by atomic mass is 9.74. The highest BCUT2D eigenvalue weighted by Crippen LogP contribution is 2.37. The van der Waals surface area contributed by atoms with E-state index in [2.05, 4.69) is 13.8 Å². The Morgan fingerprint density at radius 1 is 0.605 bits per heavy atom. The van der Waals surface area contributed by atoms with Crippen LogP contribution in [0.1, 0.15) is 52.1 Å². The van der Waals surface area contributed by atoms with Gasteiger partial charge in [0.1, 0.15) is 34.1 Å². The van der Waals surface area contributed by atoms with Crippen molar-refractivity contribution in [1.82, 2.24) is 0 Å². The normalized spacial score (nSPS) is 10.9. The SMILES string of the molecule is CCC(C)(c1ccc(OC(=O)c2ccccc2OC)cc1)c1ccc(OC(=O)c2ccccc2OC)cc1. The van der Waals surface area contributed by atoms with E-state index in [0.717, 1.165) is 17.5 Å². The molecule has 38 heavy (non-hydrogen) atoms. The van der Waals surface area contributed by atoms with Gasteiger partial charge in [-0.3, -0.25) is 0 Å². The average molecular weight is 511 g/mol. The van der Waals surface area contributed by atoms with Gasteiger partial charge in [-0.2, -0.15) is 0 Å². The molecule has 0 heterocycles. The molecule has 4 rings (SSSR count). The molecule has 0 bridgehead atoms. The maximum Gasteiger partial charge on any atom is 0.347 e. The van der Waals surface area contributed by atoms with Crippen LogP contribution in [0.5, 0.6) is 23.0 Å². The minimum absolute atomic E-state index is 0.309. The molecule has 0 N–H and O–H groups in total. The van der Waals surface area contributed by atoms with Crippen molar-refractivity contribution in [1.29, 1.82) is 0 Å². The van der Waals surface area contributed by atoms with Crippen molar-refractivity contribution in [2.75, 3.05) is 14.2 Å². The Hall–Kier alpha value is -4.58. The quantitative estimate of drug-likeness (QED) is 0.181. The van der Waals surface area contributed by atoms with Gasteiger partial charge in [0.15, 0.2) is 0 Å². The Morgan fingerprint density at radius 3 is 1.32 bits per heavy atom. The molecule has 0 radical (unpaired) electrons. The zero-order valence-electron chi connectivity index (χ0n) is 21.9. The van der Waals surface area contributed by atoms with Crippen LogP contribution in [-0.4, -0.2) is 26.2 Å². The van der Waals surface area contributed by atoms with Gasteiger partial charge < -0.3 is 18.9 Å². The number of hydrogen-bond acceptors (Lipinski definition) is 6. The van der Waals surface area contributed by atoms with Gasteiger partial charge in [-0.1, -0.05) is 62.4 Å². The first-order valence-corrected chi connectivity index (χ1v) is 12.3. The zero-order chi connectivity index (χ0) is 27.1. The van der Waals surface area contributed by atoms with Gasteiger partial charge in [0, 0.05) is 5.41 Å². The van der Waals surface area contributed by atoms with E-state index in [1.54, 1.807) is 72.8 Å². The molecule has 0 aliphatic carbocycles. The van der Waals surface area contributed by atoms with Gasteiger partial charge in [0.2, 0.25) is 0 Å². The molecule has 4 aromatic rings. The molecule has 0 aromatic heterocycles. The number of methoxy groups -OCH3 is 2. The molecule has 0 unspecified atom stereocenters. The van der Waals surface area contributed by atoms with Gasteiger partial charge in [-0.25, -0.2) is 9.59 Å². The van der Waals surface area contributed by atoms with E-state index >= 15 is 0 Å². The fourth-order valence-electron chi connectivity index (χ4n) is 4.31. The van der Waals surface area contributed by atoms with Crippen molar-refractivity contribution in [3.63, 3.8) is 0 Å². The van der Waals surface area contributed by atoms with Crippen LogP contribution < -0.4 is 18.9 Å². The van der Waals surface area contributed by atoms with Crippen molar-refractivity contribution in [3.8, 4) is 23.0 Å². The van der Waals surface area contributed by atoms with Crippen LogP contribution in [0.25, 0.3) is 0 Å². The summed E-state index contributed by atoms with van der Waals surface area (Å²) in [6, 6.07) is 28.9. The molecule has 0 saturated carbocycles. The third-order valence-electron chi connectivity index (χ3n) is 6.76. The fourth-order valence-corrected chi connectivity index (χ4v) is 4.31. The predicted octanol–water partition coefficient (Wildman–Crippen LogP) is 6.86. The summed E-state index contributed by atoms with van der Waals surface area (Å²) >= 11 is 0. The second kappa shape index (κ2) is 11.6. The summed E-state index contributed by atoms with van der Waals surface area (Å²) in [6.07, 6.45) is 0.827. The first-order valence-electron chi connectivity index (χ1n) is 12.3. The van der Waals surface area contributed by atoms with Crippen molar-refractivity contribution in [2.45, 2.75) is 25.7 Å². The highest BCUT2D eigenvalue weighted by Gasteiger charge is 2.27. The number of hydrogen-bond donors (Lipinski definition) is 0. The molecule has 0 aliphatic heterocycles. The molecule has 194 valence electrons. The molecular formula is C32H30O6. The van der Waals surface area contributed by atoms with Crippen molar-refractivity contribution >= 4 is 11.9 Å². The van der Waals surface area contributed by atoms with Crippen molar-refractivity contribution < 1.29 is 28.5 Å².